The van der Waals surface area contributed by atoms with Crippen LogP contribution in [0.2, 0.25) is 0 Å². The van der Waals surface area contributed by atoms with Crippen molar-refractivity contribution < 1.29 is 14.3 Å². The summed E-state index contributed by atoms with van der Waals surface area (Å²) in [7, 11) is 1.60. The van der Waals surface area contributed by atoms with E-state index in [1.54, 1.807) is 7.11 Å². The summed E-state index contributed by atoms with van der Waals surface area (Å²) >= 11 is 1.53. The Bertz CT molecular complexity index is 739. The Balaban J connectivity index is 1.37. The van der Waals surface area contributed by atoms with Gasteiger partial charge in [-0.15, -0.1) is 0 Å². The van der Waals surface area contributed by atoms with Crippen molar-refractivity contribution in [3.63, 3.8) is 0 Å². The Kier molecular flexibility index (Phi) is 4.54. The molecule has 0 radical (unpaired) electrons. The van der Waals surface area contributed by atoms with Crippen molar-refractivity contribution in [1.82, 2.24) is 15.3 Å². The van der Waals surface area contributed by atoms with E-state index in [4.69, 9.17) is 9.47 Å². The standard InChI is InChI=1S/C17H20N4O3S/c1-23-16-4-15(19-10-20-16)21-6-13-12(8-24-14(13)7-21)5-18-17(22)11-2-3-25-9-11/h2-4,9-10,12-14H,5-8H2,1H3,(H,18,22)/t12-,13+,14+/m0/s1. The first kappa shape index (κ1) is 16.3. The lowest BCUT2D eigenvalue weighted by atomic mass is 9.93. The van der Waals surface area contributed by atoms with E-state index in [0.29, 0.717) is 30.9 Å². The van der Waals surface area contributed by atoms with Crippen LogP contribution in [0.3, 0.4) is 0 Å². The molecule has 0 bridgehead atoms. The number of nitrogens with zero attached hydrogens (tertiary/aromatic N) is 3. The molecule has 1 amide bonds. The molecular weight excluding hydrogens is 340 g/mol. The van der Waals surface area contributed by atoms with Crippen molar-refractivity contribution in [1.29, 1.82) is 0 Å². The van der Waals surface area contributed by atoms with E-state index in [1.165, 1.54) is 17.7 Å². The average Bonchev–Trinajstić information content (AvgIpc) is 3.37. The summed E-state index contributed by atoms with van der Waals surface area (Å²) in [5.74, 6) is 2.11. The largest absolute Gasteiger partial charge is 0.481 e. The number of fused-ring (bicyclic) bond motifs is 1. The van der Waals surface area contributed by atoms with Gasteiger partial charge in [-0.1, -0.05) is 0 Å². The topological polar surface area (TPSA) is 76.6 Å². The Morgan fingerprint density at radius 1 is 1.48 bits per heavy atom. The number of ether oxygens (including phenoxy) is 2. The molecule has 0 unspecified atom stereocenters. The highest BCUT2D eigenvalue weighted by atomic mass is 32.1. The first-order valence-electron chi connectivity index (χ1n) is 8.27. The fourth-order valence-electron chi connectivity index (χ4n) is 3.53. The lowest BCUT2D eigenvalue weighted by Gasteiger charge is -2.21. The van der Waals surface area contributed by atoms with E-state index in [1.807, 2.05) is 22.9 Å². The summed E-state index contributed by atoms with van der Waals surface area (Å²) in [6.45, 7) is 3.00. The van der Waals surface area contributed by atoms with Crippen LogP contribution in [-0.4, -0.2) is 55.3 Å². The molecule has 0 saturated carbocycles. The molecule has 4 heterocycles. The van der Waals surface area contributed by atoms with Gasteiger partial charge < -0.3 is 19.7 Å². The summed E-state index contributed by atoms with van der Waals surface area (Å²) < 4.78 is 11.1. The lowest BCUT2D eigenvalue weighted by Crippen LogP contribution is -2.34. The smallest absolute Gasteiger partial charge is 0.252 e. The van der Waals surface area contributed by atoms with E-state index in [2.05, 4.69) is 20.2 Å². The van der Waals surface area contributed by atoms with Gasteiger partial charge in [0.15, 0.2) is 0 Å². The highest BCUT2D eigenvalue weighted by Crippen LogP contribution is 2.35. The Morgan fingerprint density at radius 3 is 3.20 bits per heavy atom. The van der Waals surface area contributed by atoms with Gasteiger partial charge in [0.25, 0.3) is 5.91 Å². The molecule has 25 heavy (non-hydrogen) atoms. The number of carbonyl (C=O) groups is 1. The highest BCUT2D eigenvalue weighted by Gasteiger charge is 2.44. The number of carbonyl (C=O) groups excluding carboxylic acids is 1. The van der Waals surface area contributed by atoms with E-state index in [-0.39, 0.29) is 12.0 Å². The molecular formula is C17H20N4O3S. The molecule has 0 aromatic carbocycles. The maximum atomic E-state index is 12.1. The lowest BCUT2D eigenvalue weighted by molar-refractivity contribution is 0.0940. The second-order valence-corrected chi connectivity index (χ2v) is 7.12. The summed E-state index contributed by atoms with van der Waals surface area (Å²) in [5.41, 5.74) is 0.724. The van der Waals surface area contributed by atoms with Gasteiger partial charge in [0.05, 0.1) is 19.8 Å². The van der Waals surface area contributed by atoms with Gasteiger partial charge in [0.2, 0.25) is 5.88 Å². The minimum Gasteiger partial charge on any atom is -0.481 e. The number of hydrogen-bond acceptors (Lipinski definition) is 7. The zero-order valence-electron chi connectivity index (χ0n) is 13.9. The van der Waals surface area contributed by atoms with Crippen LogP contribution in [0.5, 0.6) is 5.88 Å². The van der Waals surface area contributed by atoms with Gasteiger partial charge in [-0.2, -0.15) is 11.3 Å². The normalized spacial score (nSPS) is 25.0. The number of methoxy groups -OCH3 is 1. The molecule has 4 rings (SSSR count). The molecule has 2 saturated heterocycles. The molecule has 2 aromatic rings. The van der Waals surface area contributed by atoms with Gasteiger partial charge >= 0.3 is 0 Å². The monoisotopic (exact) mass is 360 g/mol. The third kappa shape index (κ3) is 3.32. The highest BCUT2D eigenvalue weighted by molar-refractivity contribution is 7.08. The summed E-state index contributed by atoms with van der Waals surface area (Å²) in [6.07, 6.45) is 1.70. The van der Waals surface area contributed by atoms with Crippen LogP contribution < -0.4 is 15.0 Å². The van der Waals surface area contributed by atoms with Crippen LogP contribution in [0.15, 0.2) is 29.2 Å². The van der Waals surface area contributed by atoms with Crippen LogP contribution in [0.1, 0.15) is 10.4 Å². The molecule has 132 valence electrons. The summed E-state index contributed by atoms with van der Waals surface area (Å²) in [6, 6.07) is 3.68. The summed E-state index contributed by atoms with van der Waals surface area (Å²) in [4.78, 5) is 22.7. The van der Waals surface area contributed by atoms with Gasteiger partial charge in [-0.3, -0.25) is 4.79 Å². The number of anilines is 1. The number of thiophene rings is 1. The predicted molar refractivity (Wildman–Crippen MR) is 94.2 cm³/mol. The SMILES string of the molecule is COc1cc(N2C[C@@H]3[C@@H](CNC(=O)c4ccsc4)CO[C@@H]3C2)ncn1. The van der Waals surface area contributed by atoms with Crippen LogP contribution >= 0.6 is 11.3 Å². The van der Waals surface area contributed by atoms with Crippen LogP contribution in [0, 0.1) is 11.8 Å². The number of amides is 1. The van der Waals surface area contributed by atoms with E-state index < -0.39 is 0 Å². The fraction of sp³-hybridized carbons (Fsp3) is 0.471. The molecule has 2 aromatic heterocycles. The van der Waals surface area contributed by atoms with Crippen molar-refractivity contribution in [2.45, 2.75) is 6.10 Å². The van der Waals surface area contributed by atoms with Crippen LogP contribution in [0.4, 0.5) is 5.82 Å². The number of aromatic nitrogens is 2. The Hall–Kier alpha value is -2.19. The van der Waals surface area contributed by atoms with E-state index >= 15 is 0 Å². The van der Waals surface area contributed by atoms with Crippen molar-refractivity contribution >= 4 is 23.1 Å². The van der Waals surface area contributed by atoms with Gasteiger partial charge in [0, 0.05) is 48.5 Å². The second kappa shape index (κ2) is 6.97. The first-order valence-corrected chi connectivity index (χ1v) is 9.22. The van der Waals surface area contributed by atoms with E-state index in [0.717, 1.165) is 24.5 Å². The quantitative estimate of drug-likeness (QED) is 0.869. The van der Waals surface area contributed by atoms with Gasteiger partial charge in [0.1, 0.15) is 12.1 Å². The molecule has 7 nitrogen and oxygen atoms in total. The minimum absolute atomic E-state index is 0.0138. The molecule has 3 atom stereocenters. The summed E-state index contributed by atoms with van der Waals surface area (Å²) in [5, 5.41) is 6.81. The Morgan fingerprint density at radius 2 is 2.40 bits per heavy atom. The van der Waals surface area contributed by atoms with Crippen molar-refractivity contribution in [2.75, 3.05) is 38.3 Å². The second-order valence-electron chi connectivity index (χ2n) is 6.34. The van der Waals surface area contributed by atoms with Crippen molar-refractivity contribution in [2.24, 2.45) is 11.8 Å². The maximum Gasteiger partial charge on any atom is 0.252 e. The minimum atomic E-state index is -0.0138. The fourth-order valence-corrected chi connectivity index (χ4v) is 4.17. The third-order valence-electron chi connectivity index (χ3n) is 4.91. The average molecular weight is 360 g/mol. The number of hydrogen-bond donors (Lipinski definition) is 1. The zero-order valence-corrected chi connectivity index (χ0v) is 14.7. The van der Waals surface area contributed by atoms with Crippen LogP contribution in [0.25, 0.3) is 0 Å². The van der Waals surface area contributed by atoms with Crippen LogP contribution in [-0.2, 0) is 4.74 Å². The van der Waals surface area contributed by atoms with Crippen molar-refractivity contribution in [3.05, 3.63) is 34.8 Å². The molecule has 2 aliphatic heterocycles. The molecule has 2 fully saturated rings. The molecule has 2 aliphatic rings. The number of nitrogens with one attached hydrogen (secondary N) is 1. The molecule has 1 N–H and O–H groups in total. The molecule has 0 spiro atoms. The third-order valence-corrected chi connectivity index (χ3v) is 5.59. The van der Waals surface area contributed by atoms with Crippen molar-refractivity contribution in [3.8, 4) is 5.88 Å². The zero-order chi connectivity index (χ0) is 17.2. The Labute approximate surface area is 150 Å². The maximum absolute atomic E-state index is 12.1. The first-order chi connectivity index (χ1) is 12.2. The number of rotatable bonds is 5. The van der Waals surface area contributed by atoms with Gasteiger partial charge in [-0.05, 0) is 11.4 Å². The van der Waals surface area contributed by atoms with Gasteiger partial charge in [-0.25, -0.2) is 9.97 Å². The predicted octanol–water partition coefficient (Wildman–Crippen LogP) is 1.43. The molecule has 8 heteroatoms. The molecule has 0 aliphatic carbocycles. The van der Waals surface area contributed by atoms with E-state index in [9.17, 15) is 4.79 Å².